The number of amides is 1. The first-order chi connectivity index (χ1) is 9.00. The fourth-order valence-electron chi connectivity index (χ4n) is 3.25. The van der Waals surface area contributed by atoms with E-state index in [9.17, 15) is 14.7 Å². The van der Waals surface area contributed by atoms with Crippen molar-refractivity contribution >= 4 is 11.9 Å². The summed E-state index contributed by atoms with van der Waals surface area (Å²) in [5.41, 5.74) is -0.615. The van der Waals surface area contributed by atoms with E-state index in [-0.39, 0.29) is 11.8 Å². The number of carbonyl (C=O) groups is 2. The molecule has 0 unspecified atom stereocenters. The summed E-state index contributed by atoms with van der Waals surface area (Å²) in [7, 11) is 0. The molecule has 2 heterocycles. The number of hydrogen-bond donors (Lipinski definition) is 2. The molecule has 2 saturated heterocycles. The van der Waals surface area contributed by atoms with Crippen LogP contribution in [0.2, 0.25) is 0 Å². The molecular formula is C14H24N2O3. The monoisotopic (exact) mass is 268 g/mol. The number of carboxylic acids is 1. The molecule has 0 aliphatic carbocycles. The Kier molecular flexibility index (Phi) is 4.13. The number of likely N-dealkylation sites (tertiary alicyclic amines) is 1. The van der Waals surface area contributed by atoms with Gasteiger partial charge in [-0.3, -0.25) is 9.59 Å². The van der Waals surface area contributed by atoms with Gasteiger partial charge in [-0.05, 0) is 31.7 Å². The predicted octanol–water partition coefficient (Wildman–Crippen LogP) is 0.945. The number of piperidine rings is 1. The fraction of sp³-hybridized carbons (Fsp3) is 0.857. The Morgan fingerprint density at radius 1 is 1.32 bits per heavy atom. The largest absolute Gasteiger partial charge is 0.481 e. The molecule has 5 nitrogen and oxygen atoms in total. The molecule has 19 heavy (non-hydrogen) atoms. The number of carbonyl (C=O) groups excluding carboxylic acids is 1. The summed E-state index contributed by atoms with van der Waals surface area (Å²) in [6, 6.07) is 0. The van der Waals surface area contributed by atoms with Crippen molar-refractivity contribution in [3.05, 3.63) is 0 Å². The van der Waals surface area contributed by atoms with Crippen molar-refractivity contribution in [2.75, 3.05) is 26.2 Å². The van der Waals surface area contributed by atoms with Gasteiger partial charge in [-0.25, -0.2) is 0 Å². The molecule has 1 amide bonds. The Morgan fingerprint density at radius 2 is 1.95 bits per heavy atom. The van der Waals surface area contributed by atoms with E-state index >= 15 is 0 Å². The van der Waals surface area contributed by atoms with E-state index in [0.717, 1.165) is 13.1 Å². The number of aliphatic carboxylic acids is 1. The standard InChI is InChI=1S/C14H24N2O3/c1-3-14(13(18)19)4-6-16(7-5-14)12(17)11-9-15-8-10(11)2/h10-11,15H,3-9H2,1-2H3,(H,18,19)/t10-,11-/m1/s1. The lowest BCUT2D eigenvalue weighted by Crippen LogP contribution is -2.48. The van der Waals surface area contributed by atoms with Gasteiger partial charge in [0.2, 0.25) is 5.91 Å². The number of carboxylic acid groups (broad SMARTS) is 1. The third kappa shape index (κ3) is 2.61. The van der Waals surface area contributed by atoms with E-state index in [1.807, 2.05) is 11.8 Å². The maximum absolute atomic E-state index is 12.4. The van der Waals surface area contributed by atoms with Crippen LogP contribution in [0, 0.1) is 17.3 Å². The molecule has 0 bridgehead atoms. The molecule has 5 heteroatoms. The van der Waals surface area contributed by atoms with Crippen LogP contribution in [0.15, 0.2) is 0 Å². The van der Waals surface area contributed by atoms with Gasteiger partial charge >= 0.3 is 5.97 Å². The summed E-state index contributed by atoms with van der Waals surface area (Å²) >= 11 is 0. The molecule has 108 valence electrons. The summed E-state index contributed by atoms with van der Waals surface area (Å²) in [4.78, 5) is 25.7. The van der Waals surface area contributed by atoms with Crippen LogP contribution in [0.25, 0.3) is 0 Å². The molecule has 0 radical (unpaired) electrons. The fourth-order valence-corrected chi connectivity index (χ4v) is 3.25. The minimum absolute atomic E-state index is 0.0685. The molecule has 2 rings (SSSR count). The van der Waals surface area contributed by atoms with Crippen LogP contribution in [0.1, 0.15) is 33.1 Å². The minimum atomic E-state index is -0.710. The highest BCUT2D eigenvalue weighted by Gasteiger charge is 2.42. The van der Waals surface area contributed by atoms with Crippen LogP contribution in [-0.2, 0) is 9.59 Å². The van der Waals surface area contributed by atoms with Crippen molar-refractivity contribution in [3.63, 3.8) is 0 Å². The smallest absolute Gasteiger partial charge is 0.309 e. The molecule has 2 fully saturated rings. The van der Waals surface area contributed by atoms with E-state index in [4.69, 9.17) is 0 Å². The minimum Gasteiger partial charge on any atom is -0.481 e. The van der Waals surface area contributed by atoms with Crippen molar-refractivity contribution in [2.45, 2.75) is 33.1 Å². The van der Waals surface area contributed by atoms with Gasteiger partial charge in [0.25, 0.3) is 0 Å². The average molecular weight is 268 g/mol. The lowest BCUT2D eigenvalue weighted by Gasteiger charge is -2.39. The number of rotatable bonds is 3. The molecule has 0 aromatic carbocycles. The molecule has 2 aliphatic rings. The number of hydrogen-bond acceptors (Lipinski definition) is 3. The quantitative estimate of drug-likeness (QED) is 0.799. The second kappa shape index (κ2) is 5.49. The topological polar surface area (TPSA) is 69.6 Å². The molecule has 0 saturated carbocycles. The third-order valence-electron chi connectivity index (χ3n) is 5.00. The molecule has 2 aliphatic heterocycles. The Morgan fingerprint density at radius 3 is 2.37 bits per heavy atom. The lowest BCUT2D eigenvalue weighted by molar-refractivity contribution is -0.155. The Bertz CT molecular complexity index is 362. The summed E-state index contributed by atoms with van der Waals surface area (Å²) in [6.07, 6.45) is 1.81. The van der Waals surface area contributed by atoms with Gasteiger partial charge in [-0.2, -0.15) is 0 Å². The predicted molar refractivity (Wildman–Crippen MR) is 71.7 cm³/mol. The van der Waals surface area contributed by atoms with Gasteiger partial charge in [0.15, 0.2) is 0 Å². The highest BCUT2D eigenvalue weighted by molar-refractivity contribution is 5.81. The second-order valence-corrected chi connectivity index (χ2v) is 6.01. The summed E-state index contributed by atoms with van der Waals surface area (Å²) in [5.74, 6) is -0.0608. The van der Waals surface area contributed by atoms with Gasteiger partial charge in [-0.1, -0.05) is 13.8 Å². The van der Waals surface area contributed by atoms with E-state index in [2.05, 4.69) is 12.2 Å². The highest BCUT2D eigenvalue weighted by atomic mass is 16.4. The SMILES string of the molecule is CCC1(C(=O)O)CCN(C(=O)[C@@H]2CNC[C@H]2C)CC1. The maximum atomic E-state index is 12.4. The number of nitrogens with one attached hydrogen (secondary N) is 1. The van der Waals surface area contributed by atoms with Crippen LogP contribution < -0.4 is 5.32 Å². The van der Waals surface area contributed by atoms with Crippen LogP contribution >= 0.6 is 0 Å². The van der Waals surface area contributed by atoms with Crippen molar-refractivity contribution in [2.24, 2.45) is 17.3 Å². The first kappa shape index (κ1) is 14.3. The van der Waals surface area contributed by atoms with Gasteiger partial charge in [0.05, 0.1) is 11.3 Å². The molecule has 0 aromatic heterocycles. The molecule has 2 atom stereocenters. The first-order valence-corrected chi connectivity index (χ1v) is 7.23. The maximum Gasteiger partial charge on any atom is 0.309 e. The van der Waals surface area contributed by atoms with E-state index in [0.29, 0.717) is 38.3 Å². The summed E-state index contributed by atoms with van der Waals surface area (Å²) < 4.78 is 0. The van der Waals surface area contributed by atoms with Crippen molar-refractivity contribution < 1.29 is 14.7 Å². The lowest BCUT2D eigenvalue weighted by atomic mass is 9.76. The zero-order valence-corrected chi connectivity index (χ0v) is 11.8. The normalized spacial score (nSPS) is 30.3. The Labute approximate surface area is 114 Å². The first-order valence-electron chi connectivity index (χ1n) is 7.23. The van der Waals surface area contributed by atoms with Crippen LogP contribution in [0.5, 0.6) is 0 Å². The second-order valence-electron chi connectivity index (χ2n) is 6.01. The Hall–Kier alpha value is -1.10. The van der Waals surface area contributed by atoms with Crippen molar-refractivity contribution in [3.8, 4) is 0 Å². The summed E-state index contributed by atoms with van der Waals surface area (Å²) in [5, 5.41) is 12.6. The van der Waals surface area contributed by atoms with Crippen molar-refractivity contribution in [1.29, 1.82) is 0 Å². The third-order valence-corrected chi connectivity index (χ3v) is 5.00. The molecule has 2 N–H and O–H groups in total. The van der Waals surface area contributed by atoms with Crippen LogP contribution in [0.4, 0.5) is 0 Å². The molecule has 0 aromatic rings. The van der Waals surface area contributed by atoms with Gasteiger partial charge in [0.1, 0.15) is 0 Å². The highest BCUT2D eigenvalue weighted by Crippen LogP contribution is 2.36. The van der Waals surface area contributed by atoms with Gasteiger partial charge < -0.3 is 15.3 Å². The van der Waals surface area contributed by atoms with Gasteiger partial charge in [-0.15, -0.1) is 0 Å². The average Bonchev–Trinajstić information content (AvgIpc) is 2.84. The summed E-state index contributed by atoms with van der Waals surface area (Å²) in [6.45, 7) is 6.85. The zero-order valence-electron chi connectivity index (χ0n) is 11.8. The van der Waals surface area contributed by atoms with Gasteiger partial charge in [0, 0.05) is 19.6 Å². The van der Waals surface area contributed by atoms with Crippen LogP contribution in [0.3, 0.4) is 0 Å². The van der Waals surface area contributed by atoms with E-state index in [1.54, 1.807) is 0 Å². The molecule has 0 spiro atoms. The molecular weight excluding hydrogens is 244 g/mol. The number of nitrogens with zero attached hydrogens (tertiary/aromatic N) is 1. The van der Waals surface area contributed by atoms with Crippen molar-refractivity contribution in [1.82, 2.24) is 10.2 Å². The Balaban J connectivity index is 1.96. The van der Waals surface area contributed by atoms with Crippen LogP contribution in [-0.4, -0.2) is 48.1 Å². The van der Waals surface area contributed by atoms with E-state index in [1.165, 1.54) is 0 Å². The zero-order chi connectivity index (χ0) is 14.0. The van der Waals surface area contributed by atoms with E-state index < -0.39 is 11.4 Å².